The summed E-state index contributed by atoms with van der Waals surface area (Å²) in [6.07, 6.45) is 0. The summed E-state index contributed by atoms with van der Waals surface area (Å²) in [4.78, 5) is 30.6. The molecule has 2 aromatic heterocycles. The van der Waals surface area contributed by atoms with Crippen LogP contribution >= 0.6 is 0 Å². The number of aromatic nitrogens is 2. The van der Waals surface area contributed by atoms with Gasteiger partial charge in [0.1, 0.15) is 18.1 Å². The van der Waals surface area contributed by atoms with Gasteiger partial charge in [0.2, 0.25) is 11.7 Å². The highest BCUT2D eigenvalue weighted by atomic mass is 16.5. The van der Waals surface area contributed by atoms with Crippen molar-refractivity contribution in [1.82, 2.24) is 20.4 Å². The Kier molecular flexibility index (Phi) is 3.83. The van der Waals surface area contributed by atoms with E-state index in [1.54, 1.807) is 26.0 Å². The van der Waals surface area contributed by atoms with Crippen LogP contribution in [0.4, 0.5) is 4.79 Å². The first-order valence-electron chi connectivity index (χ1n) is 8.47. The molecule has 1 atom stereocenters. The third-order valence-corrected chi connectivity index (χ3v) is 4.55. The number of nitrogens with zero attached hydrogens (tertiary/aromatic N) is 3. The summed E-state index contributed by atoms with van der Waals surface area (Å²) < 4.78 is 10.8. The highest BCUT2D eigenvalue weighted by Crippen LogP contribution is 2.31. The molecular formula is C19H18N4O4. The lowest BCUT2D eigenvalue weighted by molar-refractivity contribution is -0.132. The quantitative estimate of drug-likeness (QED) is 0.713. The highest BCUT2D eigenvalue weighted by molar-refractivity contribution is 6.06. The molecule has 0 aliphatic carbocycles. The zero-order valence-corrected chi connectivity index (χ0v) is 15.1. The van der Waals surface area contributed by atoms with Crippen molar-refractivity contribution in [2.24, 2.45) is 0 Å². The zero-order chi connectivity index (χ0) is 19.2. The maximum atomic E-state index is 12.9. The monoisotopic (exact) mass is 366 g/mol. The normalized spacial score (nSPS) is 19.6. The number of rotatable bonds is 4. The van der Waals surface area contributed by atoms with Crippen LogP contribution in [0.3, 0.4) is 0 Å². The third kappa shape index (κ3) is 2.88. The molecule has 3 heterocycles. The van der Waals surface area contributed by atoms with Crippen LogP contribution in [0.15, 0.2) is 45.3 Å². The lowest BCUT2D eigenvalue weighted by atomic mass is 9.99. The first-order valence-corrected chi connectivity index (χ1v) is 8.47. The molecule has 3 amide bonds. The lowest BCUT2D eigenvalue weighted by Crippen LogP contribution is -2.40. The molecule has 0 saturated carbocycles. The van der Waals surface area contributed by atoms with Crippen LogP contribution in [0, 0.1) is 13.8 Å². The smallest absolute Gasteiger partial charge is 0.325 e. The van der Waals surface area contributed by atoms with Crippen molar-refractivity contribution in [3.63, 3.8) is 0 Å². The molecule has 1 N–H and O–H groups in total. The van der Waals surface area contributed by atoms with Gasteiger partial charge in [-0.25, -0.2) is 4.79 Å². The van der Waals surface area contributed by atoms with E-state index < -0.39 is 17.5 Å². The van der Waals surface area contributed by atoms with Gasteiger partial charge in [0.05, 0.1) is 0 Å². The van der Waals surface area contributed by atoms with Crippen molar-refractivity contribution in [2.45, 2.75) is 32.9 Å². The largest absolute Gasteiger partial charge is 0.463 e. The molecule has 1 fully saturated rings. The Bertz CT molecular complexity index is 1040. The Labute approximate surface area is 155 Å². The molecular weight excluding hydrogens is 348 g/mol. The van der Waals surface area contributed by atoms with E-state index in [9.17, 15) is 9.59 Å². The second kappa shape index (κ2) is 6.08. The molecule has 8 nitrogen and oxygen atoms in total. The molecule has 8 heteroatoms. The van der Waals surface area contributed by atoms with Gasteiger partial charge in [-0.05, 0) is 39.0 Å². The average Bonchev–Trinajstić information content (AvgIpc) is 3.32. The number of furan rings is 1. The Morgan fingerprint density at radius 1 is 1.19 bits per heavy atom. The molecule has 0 unspecified atom stereocenters. The molecule has 0 spiro atoms. The molecule has 1 aliphatic heterocycles. The maximum Gasteiger partial charge on any atom is 0.325 e. The van der Waals surface area contributed by atoms with E-state index in [1.165, 1.54) is 0 Å². The SMILES string of the molecule is Cc1cccc(-c2noc(CN3C(=O)N[C@@](C)(c4ccc(C)o4)C3=O)n2)c1. The number of nitrogens with one attached hydrogen (secondary N) is 1. The minimum atomic E-state index is -1.26. The van der Waals surface area contributed by atoms with Crippen LogP contribution in [-0.4, -0.2) is 27.0 Å². The molecule has 0 bridgehead atoms. The van der Waals surface area contributed by atoms with Crippen LogP contribution in [0.25, 0.3) is 11.4 Å². The fourth-order valence-electron chi connectivity index (χ4n) is 3.07. The van der Waals surface area contributed by atoms with Crippen molar-refractivity contribution in [1.29, 1.82) is 0 Å². The Hall–Kier alpha value is -3.42. The van der Waals surface area contributed by atoms with Gasteiger partial charge < -0.3 is 14.3 Å². The summed E-state index contributed by atoms with van der Waals surface area (Å²) in [6.45, 7) is 5.24. The topological polar surface area (TPSA) is 101 Å². The minimum absolute atomic E-state index is 0.112. The molecule has 138 valence electrons. The highest BCUT2D eigenvalue weighted by Gasteiger charge is 2.51. The van der Waals surface area contributed by atoms with Crippen molar-refractivity contribution in [2.75, 3.05) is 0 Å². The van der Waals surface area contributed by atoms with Crippen molar-refractivity contribution < 1.29 is 18.5 Å². The van der Waals surface area contributed by atoms with Crippen LogP contribution in [0.2, 0.25) is 0 Å². The van der Waals surface area contributed by atoms with E-state index >= 15 is 0 Å². The summed E-state index contributed by atoms with van der Waals surface area (Å²) in [5.41, 5.74) is 0.612. The second-order valence-corrected chi connectivity index (χ2v) is 6.74. The fourth-order valence-corrected chi connectivity index (χ4v) is 3.07. The molecule has 3 aromatic rings. The summed E-state index contributed by atoms with van der Waals surface area (Å²) >= 11 is 0. The third-order valence-electron chi connectivity index (χ3n) is 4.55. The van der Waals surface area contributed by atoms with E-state index in [0.29, 0.717) is 17.3 Å². The zero-order valence-electron chi connectivity index (χ0n) is 15.1. The number of carbonyl (C=O) groups excluding carboxylic acids is 2. The minimum Gasteiger partial charge on any atom is -0.463 e. The number of imide groups is 1. The number of carbonyl (C=O) groups is 2. The van der Waals surface area contributed by atoms with E-state index in [4.69, 9.17) is 8.94 Å². The van der Waals surface area contributed by atoms with Gasteiger partial charge in [-0.1, -0.05) is 28.9 Å². The van der Waals surface area contributed by atoms with E-state index in [0.717, 1.165) is 16.0 Å². The summed E-state index contributed by atoms with van der Waals surface area (Å²) in [5.74, 6) is 1.19. The summed E-state index contributed by atoms with van der Waals surface area (Å²) in [5, 5.41) is 6.62. The summed E-state index contributed by atoms with van der Waals surface area (Å²) in [6, 6.07) is 10.6. The van der Waals surface area contributed by atoms with Gasteiger partial charge in [0.15, 0.2) is 5.54 Å². The number of aryl methyl sites for hydroxylation is 2. The van der Waals surface area contributed by atoms with E-state index in [-0.39, 0.29) is 12.4 Å². The van der Waals surface area contributed by atoms with Gasteiger partial charge >= 0.3 is 6.03 Å². The van der Waals surface area contributed by atoms with Crippen molar-refractivity contribution in [3.8, 4) is 11.4 Å². The van der Waals surface area contributed by atoms with Gasteiger partial charge in [0, 0.05) is 5.56 Å². The standard InChI is InChI=1S/C19H18N4O4/c1-11-5-4-6-13(9-11)16-20-15(27-22-16)10-23-17(24)19(3,21-18(23)25)14-8-7-12(2)26-14/h4-9H,10H2,1-3H3,(H,21,25)/t19-/m0/s1. The summed E-state index contributed by atoms with van der Waals surface area (Å²) in [7, 11) is 0. The molecule has 1 saturated heterocycles. The molecule has 1 aliphatic rings. The van der Waals surface area contributed by atoms with Crippen LogP contribution in [0.5, 0.6) is 0 Å². The Morgan fingerprint density at radius 2 is 2.00 bits per heavy atom. The molecule has 27 heavy (non-hydrogen) atoms. The van der Waals surface area contributed by atoms with Crippen molar-refractivity contribution >= 4 is 11.9 Å². The molecule has 1 aromatic carbocycles. The first kappa shape index (κ1) is 17.0. The number of benzene rings is 1. The molecule has 4 rings (SSSR count). The fraction of sp³-hybridized carbons (Fsp3) is 0.263. The van der Waals surface area contributed by atoms with Crippen molar-refractivity contribution in [3.05, 3.63) is 59.4 Å². The van der Waals surface area contributed by atoms with Gasteiger partial charge in [0.25, 0.3) is 5.91 Å². The number of hydrogen-bond acceptors (Lipinski definition) is 6. The van der Waals surface area contributed by atoms with E-state index in [2.05, 4.69) is 15.5 Å². The molecule has 0 radical (unpaired) electrons. The number of amides is 3. The predicted molar refractivity (Wildman–Crippen MR) is 94.3 cm³/mol. The van der Waals surface area contributed by atoms with Crippen LogP contribution in [0.1, 0.15) is 29.9 Å². The van der Waals surface area contributed by atoms with Gasteiger partial charge in [-0.3, -0.25) is 9.69 Å². The maximum absolute atomic E-state index is 12.9. The first-order chi connectivity index (χ1) is 12.9. The predicted octanol–water partition coefficient (Wildman–Crippen LogP) is 2.91. The van der Waals surface area contributed by atoms with Crippen LogP contribution in [-0.2, 0) is 16.9 Å². The second-order valence-electron chi connectivity index (χ2n) is 6.74. The van der Waals surface area contributed by atoms with E-state index in [1.807, 2.05) is 31.2 Å². The van der Waals surface area contributed by atoms with Gasteiger partial charge in [-0.2, -0.15) is 4.98 Å². The Morgan fingerprint density at radius 3 is 2.70 bits per heavy atom. The number of hydrogen-bond donors (Lipinski definition) is 1. The number of urea groups is 1. The lowest BCUT2D eigenvalue weighted by Gasteiger charge is -2.18. The van der Waals surface area contributed by atoms with Crippen LogP contribution < -0.4 is 5.32 Å². The van der Waals surface area contributed by atoms with Gasteiger partial charge in [-0.15, -0.1) is 0 Å². The average molecular weight is 366 g/mol. The Balaban J connectivity index is 1.57.